The van der Waals surface area contributed by atoms with Crippen LogP contribution in [0.3, 0.4) is 0 Å². The Morgan fingerprint density at radius 3 is 1.47 bits per heavy atom. The molecule has 0 aliphatic carbocycles. The van der Waals surface area contributed by atoms with E-state index in [0.717, 1.165) is 50.7 Å². The molecule has 366 valence electrons. The van der Waals surface area contributed by atoms with Crippen molar-refractivity contribution >= 4 is 98.1 Å². The van der Waals surface area contributed by atoms with Gasteiger partial charge in [-0.05, 0) is 167 Å². The van der Waals surface area contributed by atoms with E-state index in [2.05, 4.69) is 225 Å². The zero-order valence-corrected chi connectivity index (χ0v) is 45.5. The van der Waals surface area contributed by atoms with Crippen LogP contribution < -0.4 is 25.4 Å². The van der Waals surface area contributed by atoms with Crippen LogP contribution >= 0.6 is 0 Å². The van der Waals surface area contributed by atoms with Gasteiger partial charge in [-0.1, -0.05) is 208 Å². The van der Waals surface area contributed by atoms with Crippen molar-refractivity contribution in [3.63, 3.8) is 0 Å². The normalized spacial score (nSPS) is 12.7. The molecule has 0 atom stereocenters. The van der Waals surface area contributed by atoms with Gasteiger partial charge in [0.15, 0.2) is 0 Å². The minimum absolute atomic E-state index is 0.278. The number of fused-ring (bicyclic) bond motifs is 6. The molecule has 0 aromatic heterocycles. The second-order valence-electron chi connectivity index (χ2n) is 21.8. The number of anilines is 6. The van der Waals surface area contributed by atoms with Crippen LogP contribution in [0.1, 0.15) is 0 Å². The highest BCUT2D eigenvalue weighted by Crippen LogP contribution is 2.48. The third kappa shape index (κ3) is 8.06. The van der Waals surface area contributed by atoms with Crippen LogP contribution in [0.5, 0.6) is 0 Å². The second-order valence-corrected chi connectivity index (χ2v) is 31.2. The fraction of sp³-hybridized carbons (Fsp3) is 0.0704. The summed E-state index contributed by atoms with van der Waals surface area (Å²) in [5.41, 5.74) is 14.3. The van der Waals surface area contributed by atoms with E-state index in [4.69, 9.17) is 0 Å². The number of hydrogen-bond donors (Lipinski definition) is 0. The second kappa shape index (κ2) is 18.6. The summed E-state index contributed by atoms with van der Waals surface area (Å²) in [6.07, 6.45) is 0. The predicted molar refractivity (Wildman–Crippen MR) is 330 cm³/mol. The Morgan fingerprint density at radius 1 is 0.329 bits per heavy atom. The first-order chi connectivity index (χ1) is 37.0. The Labute approximate surface area is 447 Å². The molecular weight excluding hydrogens is 956 g/mol. The largest absolute Gasteiger partial charge is 0.311 e. The standard InChI is InChI=1S/C71H57FN2Si2/c1-75(2,3)57-40-37-55(38-41-57)73(52-25-14-8-15-26-52)54-35-33-50(34-36-54)62-46-65-61-31-20-32-68-70(61)66(47-64(65)59-30-19-18-29-58(59)62)60-42-39-56(45-69(60)76(68,4)5)74(53-27-16-9-17-28-53)71-63(49-23-12-7-13-24-49)43-51(44-67(71)72)48-21-10-6-11-22-48/h6-47H,1-5H3. The van der Waals surface area contributed by atoms with Gasteiger partial charge in [0, 0.05) is 34.0 Å². The van der Waals surface area contributed by atoms with Crippen LogP contribution in [0, 0.1) is 5.82 Å². The summed E-state index contributed by atoms with van der Waals surface area (Å²) in [5, 5.41) is 11.8. The molecule has 13 rings (SSSR count). The molecule has 0 N–H and O–H groups in total. The molecule has 76 heavy (non-hydrogen) atoms. The Bertz CT molecular complexity index is 4150. The van der Waals surface area contributed by atoms with E-state index in [0.29, 0.717) is 5.69 Å². The van der Waals surface area contributed by atoms with E-state index in [1.165, 1.54) is 70.1 Å². The zero-order valence-electron chi connectivity index (χ0n) is 43.5. The van der Waals surface area contributed by atoms with Crippen LogP contribution in [0.25, 0.3) is 76.8 Å². The van der Waals surface area contributed by atoms with E-state index in [-0.39, 0.29) is 5.82 Å². The first kappa shape index (κ1) is 47.1. The lowest BCUT2D eigenvalue weighted by Crippen LogP contribution is -2.56. The predicted octanol–water partition coefficient (Wildman–Crippen LogP) is 18.6. The SMILES string of the molecule is C[Si](C)(C)c1ccc(N(c2ccccc2)c2ccc(-c3cc4c5cccc6c5c(cc4c4ccccc34)-c3ccc(N(c4ccccc4)c4c(F)cc(-c5ccccc5)cc4-c4ccccc4)cc3[Si]6(C)C)cc2)cc1. The van der Waals surface area contributed by atoms with E-state index < -0.39 is 16.1 Å². The summed E-state index contributed by atoms with van der Waals surface area (Å²) >= 11 is 0. The number of benzene rings is 12. The van der Waals surface area contributed by atoms with E-state index >= 15 is 4.39 Å². The van der Waals surface area contributed by atoms with Gasteiger partial charge in [-0.15, -0.1) is 0 Å². The summed E-state index contributed by atoms with van der Waals surface area (Å²) in [6.45, 7) is 12.2. The van der Waals surface area contributed by atoms with Crippen molar-refractivity contribution in [2.24, 2.45) is 0 Å². The monoisotopic (exact) mass is 1010 g/mol. The van der Waals surface area contributed by atoms with Crippen molar-refractivity contribution in [1.29, 1.82) is 0 Å². The van der Waals surface area contributed by atoms with Gasteiger partial charge in [-0.25, -0.2) is 4.39 Å². The molecule has 0 fully saturated rings. The highest BCUT2D eigenvalue weighted by Gasteiger charge is 2.37. The Morgan fingerprint density at radius 2 is 0.829 bits per heavy atom. The molecule has 0 bridgehead atoms. The molecule has 0 unspecified atom stereocenters. The molecule has 12 aromatic carbocycles. The lowest BCUT2D eigenvalue weighted by molar-refractivity contribution is 0.630. The highest BCUT2D eigenvalue weighted by atomic mass is 28.3. The molecule has 1 heterocycles. The Hall–Kier alpha value is -8.62. The summed E-state index contributed by atoms with van der Waals surface area (Å²) in [4.78, 5) is 4.50. The van der Waals surface area contributed by atoms with Gasteiger partial charge in [0.25, 0.3) is 0 Å². The van der Waals surface area contributed by atoms with Crippen molar-refractivity contribution in [2.45, 2.75) is 32.7 Å². The molecule has 12 aromatic rings. The number of halogens is 1. The minimum Gasteiger partial charge on any atom is -0.311 e. The van der Waals surface area contributed by atoms with Gasteiger partial charge in [-0.2, -0.15) is 0 Å². The first-order valence-electron chi connectivity index (χ1n) is 26.4. The molecular formula is C71H57FN2Si2. The lowest BCUT2D eigenvalue weighted by atomic mass is 9.87. The quantitative estimate of drug-likeness (QED) is 0.0995. The van der Waals surface area contributed by atoms with Crippen LogP contribution in [0.4, 0.5) is 38.5 Å². The van der Waals surface area contributed by atoms with Crippen LogP contribution in [-0.2, 0) is 0 Å². The van der Waals surface area contributed by atoms with Gasteiger partial charge >= 0.3 is 0 Å². The average Bonchev–Trinajstić information content (AvgIpc) is 3.47. The van der Waals surface area contributed by atoms with E-state index in [1.54, 1.807) is 6.07 Å². The molecule has 2 nitrogen and oxygen atoms in total. The molecule has 0 saturated heterocycles. The number of nitrogens with zero attached hydrogens (tertiary/aromatic N) is 2. The fourth-order valence-corrected chi connectivity index (χ4v) is 16.2. The smallest absolute Gasteiger partial charge is 0.148 e. The van der Waals surface area contributed by atoms with Gasteiger partial charge in [-0.3, -0.25) is 0 Å². The maximum Gasteiger partial charge on any atom is 0.148 e. The van der Waals surface area contributed by atoms with Crippen LogP contribution in [-0.4, -0.2) is 16.1 Å². The zero-order chi connectivity index (χ0) is 51.7. The fourth-order valence-electron chi connectivity index (χ4n) is 12.0. The lowest BCUT2D eigenvalue weighted by Gasteiger charge is -2.36. The van der Waals surface area contributed by atoms with E-state index in [1.807, 2.05) is 66.7 Å². The van der Waals surface area contributed by atoms with Crippen molar-refractivity contribution < 1.29 is 4.39 Å². The summed E-state index contributed by atoms with van der Waals surface area (Å²) < 4.78 is 17.5. The van der Waals surface area contributed by atoms with Crippen molar-refractivity contribution in [2.75, 3.05) is 9.80 Å². The molecule has 0 radical (unpaired) electrons. The molecule has 0 saturated carbocycles. The third-order valence-electron chi connectivity index (χ3n) is 15.8. The topological polar surface area (TPSA) is 6.48 Å². The molecule has 1 aliphatic heterocycles. The van der Waals surface area contributed by atoms with Crippen LogP contribution in [0.15, 0.2) is 255 Å². The van der Waals surface area contributed by atoms with Crippen molar-refractivity contribution in [3.8, 4) is 44.5 Å². The molecule has 0 spiro atoms. The Balaban J connectivity index is 0.959. The van der Waals surface area contributed by atoms with Crippen LogP contribution in [0.2, 0.25) is 32.7 Å². The Kier molecular flexibility index (Phi) is 11.6. The summed E-state index contributed by atoms with van der Waals surface area (Å²) in [7, 11) is -3.87. The number of rotatable bonds is 10. The first-order valence-corrected chi connectivity index (χ1v) is 32.9. The average molecular weight is 1010 g/mol. The maximum absolute atomic E-state index is 17.5. The summed E-state index contributed by atoms with van der Waals surface area (Å²) in [6, 6.07) is 91.3. The van der Waals surface area contributed by atoms with E-state index in [9.17, 15) is 0 Å². The summed E-state index contributed by atoms with van der Waals surface area (Å²) in [5.74, 6) is -0.278. The van der Waals surface area contributed by atoms with Gasteiger partial charge in [0.1, 0.15) is 13.9 Å². The maximum atomic E-state index is 17.5. The van der Waals surface area contributed by atoms with Crippen molar-refractivity contribution in [3.05, 3.63) is 261 Å². The minimum atomic E-state index is -2.41. The number of para-hydroxylation sites is 2. The third-order valence-corrected chi connectivity index (χ3v) is 21.4. The van der Waals surface area contributed by atoms with Crippen molar-refractivity contribution in [1.82, 2.24) is 0 Å². The van der Waals surface area contributed by atoms with Gasteiger partial charge in [0.2, 0.25) is 0 Å². The highest BCUT2D eigenvalue weighted by molar-refractivity contribution is 7.03. The number of hydrogen-bond acceptors (Lipinski definition) is 2. The van der Waals surface area contributed by atoms with Gasteiger partial charge in [0.05, 0.1) is 13.8 Å². The molecule has 5 heteroatoms. The molecule has 1 aliphatic rings. The molecule has 0 amide bonds. The van der Waals surface area contributed by atoms with Gasteiger partial charge < -0.3 is 9.80 Å².